The van der Waals surface area contributed by atoms with Gasteiger partial charge in [-0.3, -0.25) is 9.48 Å². The third-order valence-corrected chi connectivity index (χ3v) is 2.64. The summed E-state index contributed by atoms with van der Waals surface area (Å²) in [6.07, 6.45) is -3.31. The minimum atomic E-state index is -4.49. The van der Waals surface area contributed by atoms with Crippen molar-refractivity contribution < 1.29 is 22.4 Å². The maximum atomic E-state index is 12.9. The molecule has 0 aliphatic heterocycles. The first-order valence-corrected chi connectivity index (χ1v) is 6.01. The van der Waals surface area contributed by atoms with Gasteiger partial charge in [-0.25, -0.2) is 4.39 Å². The number of alkyl halides is 3. The molecule has 2 rings (SSSR count). The van der Waals surface area contributed by atoms with Gasteiger partial charge in [0.2, 0.25) is 0 Å². The molecule has 0 aliphatic rings. The van der Waals surface area contributed by atoms with Gasteiger partial charge in [0, 0.05) is 18.3 Å². The molecule has 0 saturated carbocycles. The molecule has 0 atom stereocenters. The molecule has 0 unspecified atom stereocenters. The molecule has 0 bridgehead atoms. The van der Waals surface area contributed by atoms with Crippen LogP contribution in [-0.2, 0) is 12.7 Å². The third-order valence-electron chi connectivity index (χ3n) is 2.64. The zero-order chi connectivity index (χ0) is 15.5. The molecule has 2 aromatic rings. The lowest BCUT2D eigenvalue weighted by Gasteiger charge is -2.06. The van der Waals surface area contributed by atoms with E-state index in [1.165, 1.54) is 24.4 Å². The van der Waals surface area contributed by atoms with E-state index >= 15 is 0 Å². The molecule has 21 heavy (non-hydrogen) atoms. The van der Waals surface area contributed by atoms with Gasteiger partial charge in [-0.2, -0.15) is 18.3 Å². The molecule has 1 amide bonds. The Kier molecular flexibility index (Phi) is 4.25. The van der Waals surface area contributed by atoms with E-state index in [1.807, 2.05) is 0 Å². The van der Waals surface area contributed by atoms with E-state index in [2.05, 4.69) is 10.4 Å². The van der Waals surface area contributed by atoms with E-state index in [0.29, 0.717) is 0 Å². The van der Waals surface area contributed by atoms with Gasteiger partial charge in [0.05, 0.1) is 6.54 Å². The Morgan fingerprint density at radius 1 is 1.29 bits per heavy atom. The van der Waals surface area contributed by atoms with E-state index in [9.17, 15) is 22.4 Å². The van der Waals surface area contributed by atoms with Gasteiger partial charge in [0.25, 0.3) is 5.91 Å². The lowest BCUT2D eigenvalue weighted by atomic mass is 10.2. The van der Waals surface area contributed by atoms with Crippen LogP contribution < -0.4 is 5.32 Å². The zero-order valence-electron chi connectivity index (χ0n) is 10.7. The van der Waals surface area contributed by atoms with Crippen molar-refractivity contribution in [1.82, 2.24) is 15.1 Å². The van der Waals surface area contributed by atoms with Gasteiger partial charge in [-0.05, 0) is 24.3 Å². The van der Waals surface area contributed by atoms with Crippen LogP contribution in [0.5, 0.6) is 0 Å². The fraction of sp³-hybridized carbons (Fsp3) is 0.231. The smallest absolute Gasteiger partial charge is 0.350 e. The Hall–Kier alpha value is -2.38. The predicted molar refractivity (Wildman–Crippen MR) is 66.0 cm³/mol. The number of nitrogens with zero attached hydrogens (tertiary/aromatic N) is 2. The summed E-state index contributed by atoms with van der Waals surface area (Å²) in [5.41, 5.74) is -0.842. The lowest BCUT2D eigenvalue weighted by Crippen LogP contribution is -2.27. The van der Waals surface area contributed by atoms with Gasteiger partial charge in [-0.15, -0.1) is 0 Å². The topological polar surface area (TPSA) is 46.9 Å². The summed E-state index contributed by atoms with van der Waals surface area (Å²) in [6.45, 7) is 0.158. The molecular weight excluding hydrogens is 290 g/mol. The number of carbonyl (C=O) groups is 1. The monoisotopic (exact) mass is 301 g/mol. The fourth-order valence-corrected chi connectivity index (χ4v) is 1.65. The van der Waals surface area contributed by atoms with Crippen LogP contribution in [0.4, 0.5) is 17.6 Å². The number of amides is 1. The number of halogens is 4. The molecule has 1 aromatic carbocycles. The zero-order valence-corrected chi connectivity index (χ0v) is 10.7. The van der Waals surface area contributed by atoms with Crippen LogP contribution in [-0.4, -0.2) is 22.2 Å². The van der Waals surface area contributed by atoms with Crippen molar-refractivity contribution in [2.24, 2.45) is 0 Å². The summed E-state index contributed by atoms with van der Waals surface area (Å²) in [5, 5.41) is 5.82. The van der Waals surface area contributed by atoms with Crippen LogP contribution >= 0.6 is 0 Å². The second-order valence-corrected chi connectivity index (χ2v) is 4.23. The van der Waals surface area contributed by atoms with Crippen molar-refractivity contribution >= 4 is 5.91 Å². The second-order valence-electron chi connectivity index (χ2n) is 4.23. The van der Waals surface area contributed by atoms with E-state index in [-0.39, 0.29) is 18.7 Å². The van der Waals surface area contributed by atoms with Crippen LogP contribution in [0.25, 0.3) is 0 Å². The molecule has 1 heterocycles. The Morgan fingerprint density at radius 3 is 2.67 bits per heavy atom. The molecule has 112 valence electrons. The van der Waals surface area contributed by atoms with Crippen LogP contribution in [0.2, 0.25) is 0 Å². The van der Waals surface area contributed by atoms with Gasteiger partial charge in [-0.1, -0.05) is 6.07 Å². The standard InChI is InChI=1S/C13H11F4N3O/c14-10-3-1-2-9(8-10)12(21)18-5-7-20-6-4-11(19-20)13(15,16)17/h1-4,6,8H,5,7H2,(H,18,21). The quantitative estimate of drug-likeness (QED) is 0.882. The van der Waals surface area contributed by atoms with Crippen molar-refractivity contribution in [1.29, 1.82) is 0 Å². The Morgan fingerprint density at radius 2 is 2.05 bits per heavy atom. The molecule has 0 aliphatic carbocycles. The first kappa shape index (κ1) is 15.0. The van der Waals surface area contributed by atoms with Crippen LogP contribution in [0.3, 0.4) is 0 Å². The summed E-state index contributed by atoms with van der Waals surface area (Å²) in [5.74, 6) is -1.04. The second kappa shape index (κ2) is 5.94. The number of nitrogens with one attached hydrogen (secondary N) is 1. The van der Waals surface area contributed by atoms with Crippen molar-refractivity contribution in [2.75, 3.05) is 6.54 Å². The average Bonchev–Trinajstić information content (AvgIpc) is 2.87. The number of carbonyl (C=O) groups excluding carboxylic acids is 1. The van der Waals surface area contributed by atoms with Gasteiger partial charge in [0.15, 0.2) is 5.69 Å². The molecule has 0 saturated heterocycles. The Bertz CT molecular complexity index is 636. The fourth-order valence-electron chi connectivity index (χ4n) is 1.65. The van der Waals surface area contributed by atoms with Crippen molar-refractivity contribution in [3.05, 3.63) is 53.6 Å². The van der Waals surface area contributed by atoms with Gasteiger partial charge >= 0.3 is 6.18 Å². The van der Waals surface area contributed by atoms with E-state index in [4.69, 9.17) is 0 Å². The molecule has 0 radical (unpaired) electrons. The van der Waals surface area contributed by atoms with Crippen LogP contribution in [0.15, 0.2) is 36.5 Å². The summed E-state index contributed by atoms with van der Waals surface area (Å²) < 4.78 is 51.0. The summed E-state index contributed by atoms with van der Waals surface area (Å²) in [4.78, 5) is 11.7. The largest absolute Gasteiger partial charge is 0.435 e. The summed E-state index contributed by atoms with van der Waals surface area (Å²) in [7, 11) is 0. The van der Waals surface area contributed by atoms with Gasteiger partial charge in [0.1, 0.15) is 5.82 Å². The average molecular weight is 301 g/mol. The lowest BCUT2D eigenvalue weighted by molar-refractivity contribution is -0.141. The highest BCUT2D eigenvalue weighted by Crippen LogP contribution is 2.27. The number of benzene rings is 1. The number of rotatable bonds is 4. The van der Waals surface area contributed by atoms with E-state index in [0.717, 1.165) is 16.8 Å². The van der Waals surface area contributed by atoms with Crippen LogP contribution in [0, 0.1) is 5.82 Å². The highest BCUT2D eigenvalue weighted by atomic mass is 19.4. The third kappa shape index (κ3) is 4.04. The molecule has 8 heteroatoms. The molecule has 1 aromatic heterocycles. The molecule has 0 spiro atoms. The number of hydrogen-bond acceptors (Lipinski definition) is 2. The Balaban J connectivity index is 1.87. The maximum Gasteiger partial charge on any atom is 0.435 e. The summed E-state index contributed by atoms with van der Waals surface area (Å²) >= 11 is 0. The van der Waals surface area contributed by atoms with Gasteiger partial charge < -0.3 is 5.32 Å². The SMILES string of the molecule is O=C(NCCn1ccc(C(F)(F)F)n1)c1cccc(F)c1. The maximum absolute atomic E-state index is 12.9. The van der Waals surface area contributed by atoms with E-state index < -0.39 is 23.6 Å². The molecule has 1 N–H and O–H groups in total. The van der Waals surface area contributed by atoms with Crippen molar-refractivity contribution in [3.8, 4) is 0 Å². The number of hydrogen-bond donors (Lipinski definition) is 1. The van der Waals surface area contributed by atoms with Crippen LogP contribution in [0.1, 0.15) is 16.1 Å². The van der Waals surface area contributed by atoms with Crippen molar-refractivity contribution in [3.63, 3.8) is 0 Å². The molecule has 4 nitrogen and oxygen atoms in total. The van der Waals surface area contributed by atoms with Crippen molar-refractivity contribution in [2.45, 2.75) is 12.7 Å². The first-order chi connectivity index (χ1) is 9.86. The minimum absolute atomic E-state index is 0.0777. The first-order valence-electron chi connectivity index (χ1n) is 6.01. The minimum Gasteiger partial charge on any atom is -0.350 e. The highest BCUT2D eigenvalue weighted by Gasteiger charge is 2.33. The van der Waals surface area contributed by atoms with E-state index in [1.54, 1.807) is 0 Å². The Labute approximate surface area is 117 Å². The molecule has 0 fully saturated rings. The molecular formula is C13H11F4N3O. The highest BCUT2D eigenvalue weighted by molar-refractivity contribution is 5.94. The number of aromatic nitrogens is 2. The summed E-state index contributed by atoms with van der Waals surface area (Å²) in [6, 6.07) is 5.97. The predicted octanol–water partition coefficient (Wildman–Crippen LogP) is 2.47. The normalized spacial score (nSPS) is 11.4.